The molecule has 5 heteroatoms. The highest BCUT2D eigenvalue weighted by atomic mass is 16.4. The molecule has 1 aliphatic rings. The van der Waals surface area contributed by atoms with Crippen molar-refractivity contribution in [1.82, 2.24) is 4.90 Å². The zero-order valence-electron chi connectivity index (χ0n) is 12.4. The van der Waals surface area contributed by atoms with Crippen LogP contribution in [0.25, 0.3) is 0 Å². The second kappa shape index (κ2) is 5.96. The maximum atomic E-state index is 12.7. The molecule has 0 saturated carbocycles. The topological polar surface area (TPSA) is 69.6 Å². The van der Waals surface area contributed by atoms with Gasteiger partial charge in [0, 0.05) is 12.2 Å². The average molecular weight is 308 g/mol. The van der Waals surface area contributed by atoms with Gasteiger partial charge in [-0.05, 0) is 29.8 Å². The summed E-state index contributed by atoms with van der Waals surface area (Å²) in [4.78, 5) is 25.4. The first-order chi connectivity index (χ1) is 11.1. The molecular weight excluding hydrogens is 292 g/mol. The zero-order valence-corrected chi connectivity index (χ0v) is 12.4. The van der Waals surface area contributed by atoms with Gasteiger partial charge >= 0.3 is 5.97 Å². The first kappa shape index (κ1) is 14.8. The Hall–Kier alpha value is -3.08. The van der Waals surface area contributed by atoms with E-state index >= 15 is 0 Å². The normalized spacial score (nSPS) is 16.4. The number of fused-ring (bicyclic) bond motifs is 1. The predicted octanol–water partition coefficient (Wildman–Crippen LogP) is 3.14. The molecule has 1 aliphatic heterocycles. The third kappa shape index (κ3) is 2.68. The number of carbonyl (C=O) groups excluding carboxylic acids is 1. The van der Waals surface area contributed by atoms with E-state index in [1.165, 1.54) is 12.1 Å². The number of para-hydroxylation sites is 1. The van der Waals surface area contributed by atoms with Crippen molar-refractivity contribution in [3.05, 3.63) is 77.9 Å². The van der Waals surface area contributed by atoms with Gasteiger partial charge in [0.25, 0.3) is 5.91 Å². The summed E-state index contributed by atoms with van der Waals surface area (Å²) in [7, 11) is 0. The monoisotopic (exact) mass is 308 g/mol. The molecule has 1 amide bonds. The molecule has 0 aliphatic carbocycles. The number of hydrogen-bond donors (Lipinski definition) is 2. The molecule has 0 radical (unpaired) electrons. The standard InChI is InChI=1S/C18H16N2O3/c1-2-11-20-16(12-7-9-13(10-8-12)18(22)23)19-15-6-4-3-5-14(15)17(20)21/h2-10,16,19H,1,11H2,(H,22,23)/t16-/m0/s1. The lowest BCUT2D eigenvalue weighted by Crippen LogP contribution is -2.42. The molecule has 0 fully saturated rings. The van der Waals surface area contributed by atoms with Gasteiger partial charge in [-0.1, -0.05) is 30.3 Å². The third-order valence-corrected chi connectivity index (χ3v) is 3.82. The van der Waals surface area contributed by atoms with Gasteiger partial charge in [0.1, 0.15) is 6.17 Å². The van der Waals surface area contributed by atoms with Gasteiger partial charge < -0.3 is 15.3 Å². The third-order valence-electron chi connectivity index (χ3n) is 3.82. The van der Waals surface area contributed by atoms with Crippen LogP contribution in [0.1, 0.15) is 32.4 Å². The van der Waals surface area contributed by atoms with Crippen LogP contribution >= 0.6 is 0 Å². The highest BCUT2D eigenvalue weighted by Crippen LogP contribution is 2.32. The molecule has 116 valence electrons. The van der Waals surface area contributed by atoms with Crippen molar-refractivity contribution in [2.75, 3.05) is 11.9 Å². The highest BCUT2D eigenvalue weighted by molar-refractivity contribution is 6.01. The van der Waals surface area contributed by atoms with Gasteiger partial charge in [-0.3, -0.25) is 4.79 Å². The van der Waals surface area contributed by atoms with Gasteiger partial charge in [-0.2, -0.15) is 0 Å². The lowest BCUT2D eigenvalue weighted by atomic mass is 10.0. The fourth-order valence-electron chi connectivity index (χ4n) is 2.69. The summed E-state index contributed by atoms with van der Waals surface area (Å²) in [5.74, 6) is -1.05. The number of aromatic carboxylic acids is 1. The fraction of sp³-hybridized carbons (Fsp3) is 0.111. The van der Waals surface area contributed by atoms with Gasteiger partial charge in [-0.25, -0.2) is 4.79 Å². The van der Waals surface area contributed by atoms with Crippen molar-refractivity contribution in [1.29, 1.82) is 0 Å². The quantitative estimate of drug-likeness (QED) is 0.851. The fourth-order valence-corrected chi connectivity index (χ4v) is 2.69. The Bertz CT molecular complexity index is 768. The van der Waals surface area contributed by atoms with Crippen LogP contribution in [-0.4, -0.2) is 28.4 Å². The van der Waals surface area contributed by atoms with E-state index in [-0.39, 0.29) is 17.6 Å². The summed E-state index contributed by atoms with van der Waals surface area (Å²) >= 11 is 0. The minimum absolute atomic E-state index is 0.0773. The number of benzene rings is 2. The second-order valence-electron chi connectivity index (χ2n) is 5.27. The highest BCUT2D eigenvalue weighted by Gasteiger charge is 2.31. The van der Waals surface area contributed by atoms with Gasteiger partial charge in [0.15, 0.2) is 0 Å². The van der Waals surface area contributed by atoms with E-state index in [9.17, 15) is 9.59 Å². The summed E-state index contributed by atoms with van der Waals surface area (Å²) in [5.41, 5.74) is 2.42. The molecule has 2 aromatic rings. The van der Waals surface area contributed by atoms with Crippen LogP contribution in [0.2, 0.25) is 0 Å². The first-order valence-electron chi connectivity index (χ1n) is 7.22. The second-order valence-corrected chi connectivity index (χ2v) is 5.27. The average Bonchev–Trinajstić information content (AvgIpc) is 2.57. The number of carboxylic acid groups (broad SMARTS) is 1. The maximum absolute atomic E-state index is 12.7. The van der Waals surface area contributed by atoms with Crippen LogP contribution in [0.15, 0.2) is 61.2 Å². The Morgan fingerprint density at radius 3 is 2.57 bits per heavy atom. The van der Waals surface area contributed by atoms with Crippen LogP contribution in [0.3, 0.4) is 0 Å². The molecule has 0 unspecified atom stereocenters. The summed E-state index contributed by atoms with van der Waals surface area (Å²) < 4.78 is 0. The molecule has 1 heterocycles. The van der Waals surface area contributed by atoms with E-state index in [1.54, 1.807) is 29.2 Å². The number of anilines is 1. The van der Waals surface area contributed by atoms with Crippen LogP contribution in [0, 0.1) is 0 Å². The molecule has 2 aromatic carbocycles. The Morgan fingerprint density at radius 1 is 1.22 bits per heavy atom. The minimum atomic E-state index is -0.975. The largest absolute Gasteiger partial charge is 0.478 e. The number of nitrogens with zero attached hydrogens (tertiary/aromatic N) is 1. The summed E-state index contributed by atoms with van der Waals surface area (Å²) in [6.45, 7) is 4.11. The van der Waals surface area contributed by atoms with E-state index in [2.05, 4.69) is 11.9 Å². The maximum Gasteiger partial charge on any atom is 0.335 e. The molecule has 0 spiro atoms. The lowest BCUT2D eigenvalue weighted by molar-refractivity contribution is 0.0688. The molecule has 5 nitrogen and oxygen atoms in total. The van der Waals surface area contributed by atoms with Crippen molar-refractivity contribution in [2.24, 2.45) is 0 Å². The van der Waals surface area contributed by atoms with Crippen molar-refractivity contribution in [3.63, 3.8) is 0 Å². The minimum Gasteiger partial charge on any atom is -0.478 e. The Balaban J connectivity index is 2.01. The molecule has 2 N–H and O–H groups in total. The SMILES string of the molecule is C=CCN1C(=O)c2ccccc2N[C@@H]1c1ccc(C(=O)O)cc1. The van der Waals surface area contributed by atoms with E-state index in [4.69, 9.17) is 5.11 Å². The molecular formula is C18H16N2O3. The number of rotatable bonds is 4. The van der Waals surface area contributed by atoms with Crippen molar-refractivity contribution >= 4 is 17.6 Å². The molecule has 0 aromatic heterocycles. The first-order valence-corrected chi connectivity index (χ1v) is 7.22. The van der Waals surface area contributed by atoms with E-state index < -0.39 is 5.97 Å². The summed E-state index contributed by atoms with van der Waals surface area (Å²) in [5, 5.41) is 12.3. The Kier molecular flexibility index (Phi) is 3.85. The van der Waals surface area contributed by atoms with Crippen molar-refractivity contribution in [2.45, 2.75) is 6.17 Å². The smallest absolute Gasteiger partial charge is 0.335 e. The van der Waals surface area contributed by atoms with E-state index in [0.29, 0.717) is 12.1 Å². The Labute approximate surface area is 133 Å². The predicted molar refractivity (Wildman–Crippen MR) is 87.4 cm³/mol. The van der Waals surface area contributed by atoms with Crippen LogP contribution in [-0.2, 0) is 0 Å². The summed E-state index contributed by atoms with van der Waals surface area (Å²) in [6, 6.07) is 13.9. The number of amides is 1. The molecule has 23 heavy (non-hydrogen) atoms. The molecule has 0 bridgehead atoms. The number of carbonyl (C=O) groups is 2. The lowest BCUT2D eigenvalue weighted by Gasteiger charge is -2.37. The van der Waals surface area contributed by atoms with E-state index in [0.717, 1.165) is 11.3 Å². The van der Waals surface area contributed by atoms with E-state index in [1.807, 2.05) is 18.2 Å². The summed E-state index contributed by atoms with van der Waals surface area (Å²) in [6.07, 6.45) is 1.31. The van der Waals surface area contributed by atoms with Crippen LogP contribution < -0.4 is 5.32 Å². The molecule has 3 rings (SSSR count). The van der Waals surface area contributed by atoms with Gasteiger partial charge in [0.2, 0.25) is 0 Å². The number of hydrogen-bond acceptors (Lipinski definition) is 3. The van der Waals surface area contributed by atoms with Gasteiger partial charge in [0.05, 0.1) is 11.1 Å². The number of carboxylic acids is 1. The molecule has 0 saturated heterocycles. The Morgan fingerprint density at radius 2 is 1.91 bits per heavy atom. The van der Waals surface area contributed by atoms with Crippen LogP contribution in [0.4, 0.5) is 5.69 Å². The van der Waals surface area contributed by atoms with Gasteiger partial charge in [-0.15, -0.1) is 6.58 Å². The molecule has 1 atom stereocenters. The van der Waals surface area contributed by atoms with Crippen molar-refractivity contribution < 1.29 is 14.7 Å². The van der Waals surface area contributed by atoms with Crippen LogP contribution in [0.5, 0.6) is 0 Å². The van der Waals surface area contributed by atoms with Crippen molar-refractivity contribution in [3.8, 4) is 0 Å². The zero-order chi connectivity index (χ0) is 16.4. The number of nitrogens with one attached hydrogen (secondary N) is 1.